The minimum absolute atomic E-state index is 0.239. The first-order valence-electron chi connectivity index (χ1n) is 9.73. The van der Waals surface area contributed by atoms with Crippen molar-refractivity contribution in [2.45, 2.75) is 82.0 Å². The molecule has 0 amide bonds. The topological polar surface area (TPSA) is 67.8 Å². The van der Waals surface area contributed by atoms with E-state index >= 15 is 0 Å². The molecule has 0 bridgehead atoms. The van der Waals surface area contributed by atoms with Crippen LogP contribution in [0.25, 0.3) is 0 Å². The molecular formula is C19H32N2O2. The van der Waals surface area contributed by atoms with Crippen LogP contribution in [-0.4, -0.2) is 35.8 Å². The zero-order valence-corrected chi connectivity index (χ0v) is 14.4. The molecule has 0 spiro atoms. The molecular weight excluding hydrogens is 288 g/mol. The highest BCUT2D eigenvalue weighted by Crippen LogP contribution is 2.54. The van der Waals surface area contributed by atoms with Crippen molar-refractivity contribution in [2.75, 3.05) is 7.11 Å². The van der Waals surface area contributed by atoms with Crippen LogP contribution in [0.15, 0.2) is 4.99 Å². The molecule has 0 aromatic heterocycles. The van der Waals surface area contributed by atoms with Gasteiger partial charge in [-0.25, -0.2) is 0 Å². The number of nitrogens with two attached hydrogens (primary N) is 1. The number of aliphatic imine (C=N–C) groups is 1. The molecule has 3 fully saturated rings. The van der Waals surface area contributed by atoms with E-state index in [1.54, 1.807) is 0 Å². The van der Waals surface area contributed by atoms with Crippen LogP contribution in [0.4, 0.5) is 0 Å². The second kappa shape index (κ2) is 6.03. The van der Waals surface area contributed by atoms with Gasteiger partial charge in [0.05, 0.1) is 12.1 Å². The van der Waals surface area contributed by atoms with Gasteiger partial charge in [-0.1, -0.05) is 32.1 Å². The molecule has 4 rings (SSSR count). The maximum atomic E-state index is 11.8. The molecule has 3 saturated carbocycles. The SMILES string of the molecule is COC1CC2CCCCC2C(C2(O)C(N)=NC3CCCCC32)C1. The van der Waals surface area contributed by atoms with Crippen LogP contribution in [0.5, 0.6) is 0 Å². The normalized spacial score (nSPS) is 50.1. The van der Waals surface area contributed by atoms with E-state index < -0.39 is 5.60 Å². The van der Waals surface area contributed by atoms with Gasteiger partial charge in [0.2, 0.25) is 0 Å². The molecule has 7 unspecified atom stereocenters. The van der Waals surface area contributed by atoms with Gasteiger partial charge in [0.15, 0.2) is 0 Å². The van der Waals surface area contributed by atoms with Gasteiger partial charge >= 0.3 is 0 Å². The van der Waals surface area contributed by atoms with Crippen molar-refractivity contribution in [3.8, 4) is 0 Å². The molecule has 1 heterocycles. The Morgan fingerprint density at radius 3 is 2.61 bits per heavy atom. The smallest absolute Gasteiger partial charge is 0.129 e. The third-order valence-electron chi connectivity index (χ3n) is 7.48. The Morgan fingerprint density at radius 2 is 1.78 bits per heavy atom. The van der Waals surface area contributed by atoms with Crippen molar-refractivity contribution >= 4 is 5.84 Å². The lowest BCUT2D eigenvalue weighted by molar-refractivity contribution is -0.107. The number of amidine groups is 1. The number of hydrogen-bond donors (Lipinski definition) is 2. The summed E-state index contributed by atoms with van der Waals surface area (Å²) < 4.78 is 5.75. The lowest BCUT2D eigenvalue weighted by Gasteiger charge is -2.51. The summed E-state index contributed by atoms with van der Waals surface area (Å²) in [6.07, 6.45) is 12.2. The van der Waals surface area contributed by atoms with Crippen LogP contribution in [0.1, 0.15) is 64.2 Å². The van der Waals surface area contributed by atoms with Crippen molar-refractivity contribution in [3.05, 3.63) is 0 Å². The van der Waals surface area contributed by atoms with Crippen molar-refractivity contribution in [1.82, 2.24) is 0 Å². The van der Waals surface area contributed by atoms with Gasteiger partial charge in [-0.15, -0.1) is 0 Å². The fourth-order valence-corrected chi connectivity index (χ4v) is 6.37. The summed E-state index contributed by atoms with van der Waals surface area (Å²) in [4.78, 5) is 4.73. The van der Waals surface area contributed by atoms with Crippen molar-refractivity contribution in [1.29, 1.82) is 0 Å². The Hall–Kier alpha value is -0.610. The lowest BCUT2D eigenvalue weighted by Crippen LogP contribution is -2.59. The Bertz CT molecular complexity index is 480. The summed E-state index contributed by atoms with van der Waals surface area (Å²) in [5.74, 6) is 2.34. The van der Waals surface area contributed by atoms with Crippen LogP contribution in [0, 0.1) is 23.7 Å². The highest BCUT2D eigenvalue weighted by molar-refractivity contribution is 5.91. The second-order valence-electron chi connectivity index (χ2n) is 8.44. The number of aliphatic hydroxyl groups is 1. The predicted molar refractivity (Wildman–Crippen MR) is 91.3 cm³/mol. The molecule has 0 aromatic carbocycles. The molecule has 0 aromatic rings. The summed E-state index contributed by atoms with van der Waals surface area (Å²) in [6, 6.07) is 0.263. The zero-order chi connectivity index (χ0) is 16.0. The van der Waals surface area contributed by atoms with E-state index in [1.165, 1.54) is 44.9 Å². The Morgan fingerprint density at radius 1 is 1.04 bits per heavy atom. The van der Waals surface area contributed by atoms with Gasteiger partial charge in [0.25, 0.3) is 0 Å². The van der Waals surface area contributed by atoms with Gasteiger partial charge < -0.3 is 15.6 Å². The third-order valence-corrected chi connectivity index (χ3v) is 7.48. The third kappa shape index (κ3) is 2.44. The molecule has 4 heteroatoms. The van der Waals surface area contributed by atoms with Crippen molar-refractivity contribution in [3.63, 3.8) is 0 Å². The monoisotopic (exact) mass is 320 g/mol. The second-order valence-corrected chi connectivity index (χ2v) is 8.44. The number of ether oxygens (including phenoxy) is 1. The minimum Gasteiger partial charge on any atom is -0.385 e. The first-order chi connectivity index (χ1) is 11.1. The van der Waals surface area contributed by atoms with E-state index in [0.29, 0.717) is 17.7 Å². The van der Waals surface area contributed by atoms with E-state index in [2.05, 4.69) is 0 Å². The van der Waals surface area contributed by atoms with Crippen LogP contribution < -0.4 is 5.73 Å². The molecule has 0 radical (unpaired) electrons. The highest BCUT2D eigenvalue weighted by Gasteiger charge is 2.59. The summed E-state index contributed by atoms with van der Waals surface area (Å²) in [7, 11) is 1.82. The molecule has 23 heavy (non-hydrogen) atoms. The summed E-state index contributed by atoms with van der Waals surface area (Å²) in [5.41, 5.74) is 5.50. The fourth-order valence-electron chi connectivity index (χ4n) is 6.37. The standard InChI is InChI=1S/C19H32N2O2/c1-23-13-10-12-6-2-3-7-14(12)16(11-13)19(22)15-8-4-5-9-17(15)21-18(19)20/h12-17,22H,2-11H2,1H3,(H2,20,21). The minimum atomic E-state index is -0.872. The van der Waals surface area contributed by atoms with Crippen LogP contribution in [0.2, 0.25) is 0 Å². The first-order valence-corrected chi connectivity index (χ1v) is 9.73. The highest BCUT2D eigenvalue weighted by atomic mass is 16.5. The number of fused-ring (bicyclic) bond motifs is 2. The molecule has 0 saturated heterocycles. The Kier molecular flexibility index (Phi) is 4.17. The molecule has 4 nitrogen and oxygen atoms in total. The zero-order valence-electron chi connectivity index (χ0n) is 14.4. The van der Waals surface area contributed by atoms with Gasteiger partial charge in [-0.05, 0) is 43.9 Å². The molecule has 7 atom stereocenters. The van der Waals surface area contributed by atoms with E-state index in [-0.39, 0.29) is 24.0 Å². The van der Waals surface area contributed by atoms with Crippen LogP contribution in [0.3, 0.4) is 0 Å². The lowest BCUT2D eigenvalue weighted by atomic mass is 9.56. The molecule has 3 aliphatic carbocycles. The number of methoxy groups -OCH3 is 1. The predicted octanol–water partition coefficient (Wildman–Crippen LogP) is 2.88. The average molecular weight is 320 g/mol. The number of nitrogens with zero attached hydrogens (tertiary/aromatic N) is 1. The summed E-state index contributed by atoms with van der Waals surface area (Å²) in [5, 5.41) is 11.8. The Balaban J connectivity index is 1.66. The van der Waals surface area contributed by atoms with Gasteiger partial charge in [0, 0.05) is 18.9 Å². The first kappa shape index (κ1) is 15.9. The number of rotatable bonds is 2. The largest absolute Gasteiger partial charge is 0.385 e. The van der Waals surface area contributed by atoms with Gasteiger partial charge in [-0.2, -0.15) is 0 Å². The van der Waals surface area contributed by atoms with Crippen molar-refractivity contribution < 1.29 is 9.84 Å². The molecule has 130 valence electrons. The van der Waals surface area contributed by atoms with Crippen LogP contribution in [-0.2, 0) is 4.74 Å². The van der Waals surface area contributed by atoms with E-state index in [0.717, 1.165) is 19.3 Å². The molecule has 4 aliphatic rings. The van der Waals surface area contributed by atoms with Gasteiger partial charge in [0.1, 0.15) is 11.4 Å². The quantitative estimate of drug-likeness (QED) is 0.822. The van der Waals surface area contributed by atoms with E-state index in [4.69, 9.17) is 15.5 Å². The van der Waals surface area contributed by atoms with Crippen LogP contribution >= 0.6 is 0 Å². The molecule has 1 aliphatic heterocycles. The van der Waals surface area contributed by atoms with Gasteiger partial charge in [-0.3, -0.25) is 4.99 Å². The average Bonchev–Trinajstić information content (AvgIpc) is 2.86. The maximum Gasteiger partial charge on any atom is 0.129 e. The summed E-state index contributed by atoms with van der Waals surface area (Å²) in [6.45, 7) is 0. The fraction of sp³-hybridized carbons (Fsp3) is 0.947. The number of hydrogen-bond acceptors (Lipinski definition) is 4. The van der Waals surface area contributed by atoms with E-state index in [1.807, 2.05) is 7.11 Å². The Labute approximate surface area is 139 Å². The summed E-state index contributed by atoms with van der Waals surface area (Å²) >= 11 is 0. The van der Waals surface area contributed by atoms with Crippen molar-refractivity contribution in [2.24, 2.45) is 34.4 Å². The molecule has 3 N–H and O–H groups in total. The van der Waals surface area contributed by atoms with E-state index in [9.17, 15) is 5.11 Å². The maximum absolute atomic E-state index is 11.8.